The van der Waals surface area contributed by atoms with Gasteiger partial charge in [-0.15, -0.1) is 0 Å². The first-order valence-corrected chi connectivity index (χ1v) is 6.44. The monoisotopic (exact) mass is 268 g/mol. The third kappa shape index (κ3) is 1.75. The number of hydrogen-bond donors (Lipinski definition) is 2. The molecule has 0 saturated heterocycles. The van der Waals surface area contributed by atoms with Gasteiger partial charge in [-0.2, -0.15) is 20.4 Å². The van der Waals surface area contributed by atoms with Crippen molar-refractivity contribution in [1.29, 1.82) is 0 Å². The van der Waals surface area contributed by atoms with Crippen LogP contribution in [-0.2, 0) is 0 Å². The van der Waals surface area contributed by atoms with Crippen molar-refractivity contribution < 1.29 is 4.52 Å². The zero-order valence-corrected chi connectivity index (χ0v) is 10.6. The number of rotatable bonds is 2. The number of nitrogens with one attached hydrogen (secondary N) is 2. The summed E-state index contributed by atoms with van der Waals surface area (Å²) in [6.45, 7) is 0.892. The van der Waals surface area contributed by atoms with Gasteiger partial charge in [0.25, 0.3) is 0 Å². The Labute approximate surface area is 114 Å². The molecular formula is C13H12N6O. The molecule has 0 saturated carbocycles. The number of para-hydroxylation sites is 1. The minimum absolute atomic E-state index is 0.126. The second-order valence-corrected chi connectivity index (χ2v) is 4.67. The highest BCUT2D eigenvalue weighted by Crippen LogP contribution is 2.35. The topological polar surface area (TPSA) is 92.5 Å². The molecule has 1 aromatic carbocycles. The van der Waals surface area contributed by atoms with Gasteiger partial charge in [0.1, 0.15) is 0 Å². The van der Waals surface area contributed by atoms with Crippen LogP contribution in [0.4, 0.5) is 5.69 Å². The molecular weight excluding hydrogens is 256 g/mol. The molecule has 0 fully saturated rings. The fourth-order valence-electron chi connectivity index (χ4n) is 2.52. The molecule has 0 spiro atoms. The minimum Gasteiger partial charge on any atom is -0.385 e. The van der Waals surface area contributed by atoms with E-state index < -0.39 is 0 Å². The highest BCUT2D eigenvalue weighted by atomic mass is 16.5. The number of anilines is 1. The third-order valence-corrected chi connectivity index (χ3v) is 3.47. The first kappa shape index (κ1) is 11.2. The molecule has 2 aromatic heterocycles. The van der Waals surface area contributed by atoms with E-state index in [1.807, 2.05) is 12.1 Å². The van der Waals surface area contributed by atoms with Crippen molar-refractivity contribution in [3.63, 3.8) is 0 Å². The van der Waals surface area contributed by atoms with Crippen molar-refractivity contribution in [2.45, 2.75) is 12.3 Å². The van der Waals surface area contributed by atoms with Gasteiger partial charge in [-0.05, 0) is 18.1 Å². The molecule has 1 unspecified atom stereocenters. The second-order valence-electron chi connectivity index (χ2n) is 4.67. The van der Waals surface area contributed by atoms with Gasteiger partial charge < -0.3 is 9.84 Å². The van der Waals surface area contributed by atoms with Crippen LogP contribution in [0.1, 0.15) is 23.8 Å². The Morgan fingerprint density at radius 3 is 3.10 bits per heavy atom. The van der Waals surface area contributed by atoms with Crippen LogP contribution in [0, 0.1) is 0 Å². The summed E-state index contributed by atoms with van der Waals surface area (Å²) >= 11 is 0. The molecule has 3 heterocycles. The first-order chi connectivity index (χ1) is 9.92. The maximum absolute atomic E-state index is 5.41. The average Bonchev–Trinajstić information content (AvgIpc) is 3.17. The largest absolute Gasteiger partial charge is 0.385 e. The van der Waals surface area contributed by atoms with Crippen LogP contribution >= 0.6 is 0 Å². The Morgan fingerprint density at radius 1 is 1.25 bits per heavy atom. The number of aromatic amines is 1. The van der Waals surface area contributed by atoms with Crippen molar-refractivity contribution in [2.24, 2.45) is 0 Å². The zero-order valence-electron chi connectivity index (χ0n) is 10.6. The van der Waals surface area contributed by atoms with Gasteiger partial charge in [0.05, 0.1) is 12.1 Å². The van der Waals surface area contributed by atoms with E-state index >= 15 is 0 Å². The van der Waals surface area contributed by atoms with Crippen LogP contribution in [0.5, 0.6) is 0 Å². The van der Waals surface area contributed by atoms with E-state index in [0.29, 0.717) is 17.4 Å². The lowest BCUT2D eigenvalue weighted by atomic mass is 9.91. The zero-order chi connectivity index (χ0) is 13.4. The molecule has 1 aliphatic heterocycles. The van der Waals surface area contributed by atoms with Gasteiger partial charge in [-0.25, -0.2) is 0 Å². The summed E-state index contributed by atoms with van der Waals surface area (Å²) in [4.78, 5) is 4.45. The summed E-state index contributed by atoms with van der Waals surface area (Å²) in [5, 5.41) is 17.6. The standard InChI is InChI=1S/C13H12N6O/c1-2-4-10-8(3-1)9(5-6-14-10)13-16-12(18-20-13)11-7-15-19-17-11/h1-4,7,9,14H,5-6H2,(H,15,17,19). The molecule has 0 amide bonds. The molecule has 7 nitrogen and oxygen atoms in total. The molecule has 0 bridgehead atoms. The highest BCUT2D eigenvalue weighted by molar-refractivity contribution is 5.56. The molecule has 20 heavy (non-hydrogen) atoms. The number of H-pyrrole nitrogens is 1. The van der Waals surface area contributed by atoms with Crippen LogP contribution in [0.2, 0.25) is 0 Å². The maximum atomic E-state index is 5.41. The second kappa shape index (κ2) is 4.44. The Kier molecular flexibility index (Phi) is 2.48. The smallest absolute Gasteiger partial charge is 0.234 e. The fourth-order valence-corrected chi connectivity index (χ4v) is 2.52. The van der Waals surface area contributed by atoms with E-state index in [2.05, 4.69) is 43.0 Å². The van der Waals surface area contributed by atoms with Crippen LogP contribution < -0.4 is 5.32 Å². The van der Waals surface area contributed by atoms with Gasteiger partial charge in [-0.1, -0.05) is 23.4 Å². The first-order valence-electron chi connectivity index (χ1n) is 6.44. The Hall–Kier alpha value is -2.70. The van der Waals surface area contributed by atoms with E-state index in [4.69, 9.17) is 4.52 Å². The van der Waals surface area contributed by atoms with Gasteiger partial charge in [0.2, 0.25) is 11.7 Å². The normalized spacial score (nSPS) is 17.5. The maximum Gasteiger partial charge on any atom is 0.234 e. The van der Waals surface area contributed by atoms with E-state index in [1.54, 1.807) is 6.20 Å². The predicted molar refractivity (Wildman–Crippen MR) is 71.1 cm³/mol. The molecule has 1 atom stereocenters. The number of nitrogens with zero attached hydrogens (tertiary/aromatic N) is 4. The highest BCUT2D eigenvalue weighted by Gasteiger charge is 2.26. The van der Waals surface area contributed by atoms with E-state index in [9.17, 15) is 0 Å². The molecule has 7 heteroatoms. The van der Waals surface area contributed by atoms with Crippen molar-refractivity contribution in [2.75, 3.05) is 11.9 Å². The van der Waals surface area contributed by atoms with Crippen LogP contribution in [0.25, 0.3) is 11.5 Å². The summed E-state index contributed by atoms with van der Waals surface area (Å²) in [5.41, 5.74) is 2.90. The number of benzene rings is 1. The van der Waals surface area contributed by atoms with Crippen LogP contribution in [-0.4, -0.2) is 32.1 Å². The summed E-state index contributed by atoms with van der Waals surface area (Å²) in [6, 6.07) is 8.19. The van der Waals surface area contributed by atoms with E-state index in [1.165, 1.54) is 5.56 Å². The molecule has 100 valence electrons. The predicted octanol–water partition coefficient (Wildman–Crippen LogP) is 1.80. The van der Waals surface area contributed by atoms with E-state index in [-0.39, 0.29) is 5.92 Å². The van der Waals surface area contributed by atoms with E-state index in [0.717, 1.165) is 18.7 Å². The van der Waals surface area contributed by atoms with Crippen molar-refractivity contribution in [3.8, 4) is 11.5 Å². The summed E-state index contributed by atoms with van der Waals surface area (Å²) < 4.78 is 5.41. The van der Waals surface area contributed by atoms with Crippen molar-refractivity contribution >= 4 is 5.69 Å². The number of aromatic nitrogens is 5. The lowest BCUT2D eigenvalue weighted by Gasteiger charge is -2.23. The van der Waals surface area contributed by atoms with Crippen LogP contribution in [0.3, 0.4) is 0 Å². The van der Waals surface area contributed by atoms with Gasteiger partial charge in [-0.3, -0.25) is 0 Å². The Balaban J connectivity index is 1.72. The third-order valence-electron chi connectivity index (χ3n) is 3.47. The SMILES string of the molecule is c1ccc2c(c1)NCCC2c1nc(-c2cn[nH]n2)no1. The minimum atomic E-state index is 0.126. The van der Waals surface area contributed by atoms with Gasteiger partial charge in [0, 0.05) is 12.2 Å². The van der Waals surface area contributed by atoms with Crippen LogP contribution in [0.15, 0.2) is 35.0 Å². The molecule has 1 aliphatic rings. The average molecular weight is 268 g/mol. The molecule has 4 rings (SSSR count). The lowest BCUT2D eigenvalue weighted by Crippen LogP contribution is -2.17. The molecule has 2 N–H and O–H groups in total. The van der Waals surface area contributed by atoms with Crippen molar-refractivity contribution in [3.05, 3.63) is 41.9 Å². The Morgan fingerprint density at radius 2 is 2.20 bits per heavy atom. The van der Waals surface area contributed by atoms with Gasteiger partial charge >= 0.3 is 0 Å². The summed E-state index contributed by atoms with van der Waals surface area (Å²) in [7, 11) is 0. The molecule has 0 radical (unpaired) electrons. The quantitative estimate of drug-likeness (QED) is 0.736. The number of hydrogen-bond acceptors (Lipinski definition) is 6. The van der Waals surface area contributed by atoms with Gasteiger partial charge in [0.15, 0.2) is 5.69 Å². The molecule has 3 aromatic rings. The molecule has 0 aliphatic carbocycles. The number of fused-ring (bicyclic) bond motifs is 1. The lowest BCUT2D eigenvalue weighted by molar-refractivity contribution is 0.361. The summed E-state index contributed by atoms with van der Waals surface area (Å²) in [5.74, 6) is 1.21. The Bertz CT molecular complexity index is 720. The summed E-state index contributed by atoms with van der Waals surface area (Å²) in [6.07, 6.45) is 2.50. The van der Waals surface area contributed by atoms with Crippen molar-refractivity contribution in [1.82, 2.24) is 25.6 Å². The fraction of sp³-hybridized carbons (Fsp3) is 0.231.